The van der Waals surface area contributed by atoms with Gasteiger partial charge < -0.3 is 10.1 Å². The Bertz CT molecular complexity index is 498. The highest BCUT2D eigenvalue weighted by Gasteiger charge is 2.03. The van der Waals surface area contributed by atoms with Crippen molar-refractivity contribution in [2.75, 3.05) is 20.3 Å². The molecule has 1 aromatic heterocycles. The number of ether oxygens (including phenoxy) is 1. The number of benzene rings is 1. The average Bonchev–Trinajstić information content (AvgIpc) is 2.84. The number of halogens is 1. The van der Waals surface area contributed by atoms with Crippen LogP contribution < -0.4 is 5.32 Å². The Morgan fingerprint density at radius 3 is 2.94 bits per heavy atom. The zero-order chi connectivity index (χ0) is 12.8. The van der Waals surface area contributed by atoms with Crippen molar-refractivity contribution in [2.24, 2.45) is 0 Å². The predicted molar refractivity (Wildman–Crippen MR) is 79.9 cm³/mol. The molecule has 0 fully saturated rings. The standard InChI is InChI=1S/C13H16IN3O/c1-18-9-7-15-10-11-6-8-17(16-11)13-5-3-2-4-12(13)14/h2-6,8,15H,7,9-10H2,1H3. The molecule has 2 aromatic rings. The first-order valence-corrected chi connectivity index (χ1v) is 6.88. The van der Waals surface area contributed by atoms with Gasteiger partial charge in [0.05, 0.1) is 18.0 Å². The van der Waals surface area contributed by atoms with Gasteiger partial charge in [-0.25, -0.2) is 4.68 Å². The van der Waals surface area contributed by atoms with Crippen LogP contribution in [0.1, 0.15) is 5.69 Å². The summed E-state index contributed by atoms with van der Waals surface area (Å²) in [5.74, 6) is 0. The molecule has 0 bridgehead atoms. The molecule has 0 unspecified atom stereocenters. The molecule has 0 aliphatic rings. The summed E-state index contributed by atoms with van der Waals surface area (Å²) in [6.45, 7) is 2.32. The maximum Gasteiger partial charge on any atom is 0.0779 e. The minimum absolute atomic E-state index is 0.720. The molecule has 0 aliphatic carbocycles. The molecule has 1 N–H and O–H groups in total. The quantitative estimate of drug-likeness (QED) is 0.637. The molecule has 0 aliphatic heterocycles. The van der Waals surface area contributed by atoms with Crippen LogP contribution in [-0.2, 0) is 11.3 Å². The van der Waals surface area contributed by atoms with Crippen LogP contribution in [-0.4, -0.2) is 30.0 Å². The number of hydrogen-bond acceptors (Lipinski definition) is 3. The Hall–Kier alpha value is -0.920. The van der Waals surface area contributed by atoms with E-state index in [2.05, 4.69) is 45.1 Å². The topological polar surface area (TPSA) is 39.1 Å². The van der Waals surface area contributed by atoms with E-state index in [0.29, 0.717) is 0 Å². The molecule has 0 spiro atoms. The van der Waals surface area contributed by atoms with E-state index in [0.717, 1.165) is 31.1 Å². The number of methoxy groups -OCH3 is 1. The van der Waals surface area contributed by atoms with Gasteiger partial charge in [0.2, 0.25) is 0 Å². The number of hydrogen-bond donors (Lipinski definition) is 1. The molecule has 0 saturated carbocycles. The maximum atomic E-state index is 4.98. The second kappa shape index (κ2) is 6.86. The molecule has 5 heteroatoms. The number of aromatic nitrogens is 2. The van der Waals surface area contributed by atoms with Crippen molar-refractivity contribution in [2.45, 2.75) is 6.54 Å². The van der Waals surface area contributed by atoms with Crippen molar-refractivity contribution < 1.29 is 4.74 Å². The number of nitrogens with one attached hydrogen (secondary N) is 1. The molecule has 0 radical (unpaired) electrons. The summed E-state index contributed by atoms with van der Waals surface area (Å²) in [5.41, 5.74) is 2.15. The normalized spacial score (nSPS) is 10.8. The van der Waals surface area contributed by atoms with Gasteiger partial charge in [0.25, 0.3) is 0 Å². The first-order chi connectivity index (χ1) is 8.81. The van der Waals surface area contributed by atoms with E-state index in [9.17, 15) is 0 Å². The van der Waals surface area contributed by atoms with Gasteiger partial charge in [0.1, 0.15) is 0 Å². The highest BCUT2D eigenvalue weighted by molar-refractivity contribution is 14.1. The Morgan fingerprint density at radius 1 is 1.33 bits per heavy atom. The van der Waals surface area contributed by atoms with Crippen molar-refractivity contribution in [1.82, 2.24) is 15.1 Å². The third-order valence-corrected chi connectivity index (χ3v) is 3.44. The van der Waals surface area contributed by atoms with Gasteiger partial charge in [-0.15, -0.1) is 0 Å². The smallest absolute Gasteiger partial charge is 0.0779 e. The Balaban J connectivity index is 2.00. The summed E-state index contributed by atoms with van der Waals surface area (Å²) in [5, 5.41) is 7.83. The fourth-order valence-electron chi connectivity index (χ4n) is 1.62. The van der Waals surface area contributed by atoms with E-state index in [4.69, 9.17) is 4.74 Å². The highest BCUT2D eigenvalue weighted by atomic mass is 127. The molecule has 0 saturated heterocycles. The van der Waals surface area contributed by atoms with Crippen molar-refractivity contribution in [3.63, 3.8) is 0 Å². The summed E-state index contributed by atoms with van der Waals surface area (Å²) in [6, 6.07) is 10.2. The second-order valence-electron chi connectivity index (χ2n) is 3.87. The third kappa shape index (κ3) is 3.54. The van der Waals surface area contributed by atoms with Crippen LogP contribution >= 0.6 is 22.6 Å². The lowest BCUT2D eigenvalue weighted by Gasteiger charge is -2.04. The van der Waals surface area contributed by atoms with Gasteiger partial charge in [-0.2, -0.15) is 5.10 Å². The van der Waals surface area contributed by atoms with E-state index >= 15 is 0 Å². The van der Waals surface area contributed by atoms with E-state index in [1.807, 2.05) is 29.1 Å². The number of para-hydroxylation sites is 1. The summed E-state index contributed by atoms with van der Waals surface area (Å²) in [4.78, 5) is 0. The van der Waals surface area contributed by atoms with Gasteiger partial charge in [0, 0.05) is 30.0 Å². The van der Waals surface area contributed by atoms with E-state index in [-0.39, 0.29) is 0 Å². The van der Waals surface area contributed by atoms with E-state index in [1.54, 1.807) is 7.11 Å². The molecule has 1 heterocycles. The van der Waals surface area contributed by atoms with Gasteiger partial charge in [-0.3, -0.25) is 0 Å². The number of rotatable bonds is 6. The second-order valence-corrected chi connectivity index (χ2v) is 5.03. The Labute approximate surface area is 120 Å². The van der Waals surface area contributed by atoms with Gasteiger partial charge in [0.15, 0.2) is 0 Å². The molecule has 0 atom stereocenters. The molecule has 96 valence electrons. The van der Waals surface area contributed by atoms with Crippen LogP contribution in [0, 0.1) is 3.57 Å². The monoisotopic (exact) mass is 357 g/mol. The minimum atomic E-state index is 0.720. The molecule has 0 amide bonds. The number of nitrogens with zero attached hydrogens (tertiary/aromatic N) is 2. The van der Waals surface area contributed by atoms with Crippen molar-refractivity contribution >= 4 is 22.6 Å². The zero-order valence-corrected chi connectivity index (χ0v) is 12.4. The lowest BCUT2D eigenvalue weighted by Crippen LogP contribution is -2.18. The van der Waals surface area contributed by atoms with Crippen LogP contribution in [0.2, 0.25) is 0 Å². The SMILES string of the molecule is COCCNCc1ccn(-c2ccccc2I)n1. The Morgan fingerprint density at radius 2 is 2.17 bits per heavy atom. The van der Waals surface area contributed by atoms with Crippen molar-refractivity contribution in [3.05, 3.63) is 45.8 Å². The summed E-state index contributed by atoms with van der Waals surface area (Å²) < 4.78 is 8.08. The highest BCUT2D eigenvalue weighted by Crippen LogP contribution is 2.15. The summed E-state index contributed by atoms with van der Waals surface area (Å²) in [6.07, 6.45) is 1.99. The lowest BCUT2D eigenvalue weighted by molar-refractivity contribution is 0.199. The van der Waals surface area contributed by atoms with Crippen LogP contribution in [0.3, 0.4) is 0 Å². The van der Waals surface area contributed by atoms with Gasteiger partial charge in [-0.1, -0.05) is 12.1 Å². The van der Waals surface area contributed by atoms with Crippen molar-refractivity contribution in [3.8, 4) is 5.69 Å². The van der Waals surface area contributed by atoms with Crippen molar-refractivity contribution in [1.29, 1.82) is 0 Å². The molecular formula is C13H16IN3O. The first-order valence-electron chi connectivity index (χ1n) is 5.80. The van der Waals surface area contributed by atoms with E-state index in [1.165, 1.54) is 3.57 Å². The summed E-state index contributed by atoms with van der Waals surface area (Å²) in [7, 11) is 1.70. The predicted octanol–water partition coefficient (Wildman–Crippen LogP) is 2.21. The zero-order valence-electron chi connectivity index (χ0n) is 10.3. The molecular weight excluding hydrogens is 341 g/mol. The van der Waals surface area contributed by atoms with Crippen LogP contribution in [0.25, 0.3) is 5.69 Å². The van der Waals surface area contributed by atoms with Gasteiger partial charge in [-0.05, 0) is 40.8 Å². The lowest BCUT2D eigenvalue weighted by atomic mass is 10.3. The first kappa shape index (κ1) is 13.5. The fraction of sp³-hybridized carbons (Fsp3) is 0.308. The Kier molecular flexibility index (Phi) is 5.15. The third-order valence-electron chi connectivity index (χ3n) is 2.53. The van der Waals surface area contributed by atoms with E-state index < -0.39 is 0 Å². The van der Waals surface area contributed by atoms with Crippen LogP contribution in [0.4, 0.5) is 0 Å². The van der Waals surface area contributed by atoms with Crippen LogP contribution in [0.15, 0.2) is 36.5 Å². The average molecular weight is 357 g/mol. The molecule has 18 heavy (non-hydrogen) atoms. The molecule has 4 nitrogen and oxygen atoms in total. The van der Waals surface area contributed by atoms with Gasteiger partial charge >= 0.3 is 0 Å². The molecule has 2 rings (SSSR count). The largest absolute Gasteiger partial charge is 0.383 e. The summed E-state index contributed by atoms with van der Waals surface area (Å²) >= 11 is 2.32. The minimum Gasteiger partial charge on any atom is -0.383 e. The maximum absolute atomic E-state index is 4.98. The van der Waals surface area contributed by atoms with Crippen LogP contribution in [0.5, 0.6) is 0 Å². The fourth-order valence-corrected chi connectivity index (χ4v) is 2.25. The molecule has 1 aromatic carbocycles.